The van der Waals surface area contributed by atoms with E-state index in [1.165, 1.54) is 5.56 Å². The molecule has 1 aromatic rings. The molecule has 0 aliphatic carbocycles. The zero-order chi connectivity index (χ0) is 14.4. The van der Waals surface area contributed by atoms with Crippen molar-refractivity contribution in [2.75, 3.05) is 33.4 Å². The lowest BCUT2D eigenvalue weighted by atomic mass is 10.1. The van der Waals surface area contributed by atoms with E-state index >= 15 is 0 Å². The fourth-order valence-corrected chi connectivity index (χ4v) is 2.67. The van der Waals surface area contributed by atoms with Crippen molar-refractivity contribution in [3.8, 4) is 5.75 Å². The Morgan fingerprint density at radius 3 is 2.86 bits per heavy atom. The molecule has 120 valence electrons. The first-order valence-corrected chi connectivity index (χ1v) is 7.42. The third-order valence-corrected chi connectivity index (χ3v) is 3.67. The molecule has 0 saturated carbocycles. The standard InChI is InChI=1S/C16H26N2O2.ClH/c1-4-20-12-15-9-14(5-6-16(15)19-3)11-18-8-7-17-13(2)10-18;/h5-6,9,13,17H,4,7-8,10-12H2,1-3H3;1H. The molecule has 5 heteroatoms. The molecule has 0 amide bonds. The number of benzene rings is 1. The predicted molar refractivity (Wildman–Crippen MR) is 88.3 cm³/mol. The number of nitrogens with zero attached hydrogens (tertiary/aromatic N) is 1. The Hall–Kier alpha value is -0.810. The summed E-state index contributed by atoms with van der Waals surface area (Å²) in [5.41, 5.74) is 2.46. The van der Waals surface area contributed by atoms with Gasteiger partial charge in [-0.1, -0.05) is 6.07 Å². The van der Waals surface area contributed by atoms with Crippen LogP contribution in [0.4, 0.5) is 0 Å². The van der Waals surface area contributed by atoms with Crippen LogP contribution in [0.2, 0.25) is 0 Å². The van der Waals surface area contributed by atoms with Crippen molar-refractivity contribution in [2.24, 2.45) is 0 Å². The molecule has 1 atom stereocenters. The summed E-state index contributed by atoms with van der Waals surface area (Å²) in [6, 6.07) is 6.99. The third-order valence-electron chi connectivity index (χ3n) is 3.67. The lowest BCUT2D eigenvalue weighted by Gasteiger charge is -2.32. The molecule has 1 aliphatic heterocycles. The van der Waals surface area contributed by atoms with Gasteiger partial charge in [0, 0.05) is 44.4 Å². The van der Waals surface area contributed by atoms with Crippen molar-refractivity contribution in [1.29, 1.82) is 0 Å². The van der Waals surface area contributed by atoms with E-state index in [4.69, 9.17) is 9.47 Å². The molecule has 21 heavy (non-hydrogen) atoms. The van der Waals surface area contributed by atoms with Gasteiger partial charge < -0.3 is 14.8 Å². The van der Waals surface area contributed by atoms with Crippen molar-refractivity contribution in [2.45, 2.75) is 33.0 Å². The van der Waals surface area contributed by atoms with E-state index in [9.17, 15) is 0 Å². The maximum atomic E-state index is 5.52. The molecule has 0 aromatic heterocycles. The SMILES string of the molecule is CCOCc1cc(CN2CCNC(C)C2)ccc1OC.Cl. The van der Waals surface area contributed by atoms with Crippen LogP contribution in [0.3, 0.4) is 0 Å². The number of hydrogen-bond donors (Lipinski definition) is 1. The van der Waals surface area contributed by atoms with Gasteiger partial charge in [-0.05, 0) is 31.5 Å². The first-order valence-electron chi connectivity index (χ1n) is 7.42. The molecular weight excluding hydrogens is 288 g/mol. The average Bonchev–Trinajstić information content (AvgIpc) is 2.45. The maximum absolute atomic E-state index is 5.52. The topological polar surface area (TPSA) is 33.7 Å². The zero-order valence-electron chi connectivity index (χ0n) is 13.2. The van der Waals surface area contributed by atoms with Crippen LogP contribution in [0.15, 0.2) is 18.2 Å². The van der Waals surface area contributed by atoms with Gasteiger partial charge in [0.1, 0.15) is 5.75 Å². The summed E-state index contributed by atoms with van der Waals surface area (Å²) in [5.74, 6) is 0.913. The van der Waals surface area contributed by atoms with Crippen molar-refractivity contribution in [3.63, 3.8) is 0 Å². The maximum Gasteiger partial charge on any atom is 0.124 e. The normalized spacial score (nSPS) is 19.1. The van der Waals surface area contributed by atoms with Gasteiger partial charge in [-0.2, -0.15) is 0 Å². The lowest BCUT2D eigenvalue weighted by molar-refractivity contribution is 0.131. The van der Waals surface area contributed by atoms with E-state index in [-0.39, 0.29) is 12.4 Å². The highest BCUT2D eigenvalue weighted by molar-refractivity contribution is 5.85. The second kappa shape index (κ2) is 9.26. The van der Waals surface area contributed by atoms with E-state index in [2.05, 4.69) is 35.3 Å². The molecule has 1 fully saturated rings. The van der Waals surface area contributed by atoms with Gasteiger partial charge in [0.25, 0.3) is 0 Å². The van der Waals surface area contributed by atoms with E-state index < -0.39 is 0 Å². The Kier molecular flexibility index (Phi) is 8.04. The van der Waals surface area contributed by atoms with Crippen molar-refractivity contribution in [1.82, 2.24) is 10.2 Å². The Morgan fingerprint density at radius 2 is 2.19 bits per heavy atom. The van der Waals surface area contributed by atoms with Crippen LogP contribution < -0.4 is 10.1 Å². The fraction of sp³-hybridized carbons (Fsp3) is 0.625. The molecule has 2 rings (SSSR count). The summed E-state index contributed by atoms with van der Waals surface area (Å²) in [6.07, 6.45) is 0. The van der Waals surface area contributed by atoms with Crippen molar-refractivity contribution >= 4 is 12.4 Å². The van der Waals surface area contributed by atoms with Crippen LogP contribution in [0, 0.1) is 0 Å². The molecule has 1 saturated heterocycles. The fourth-order valence-electron chi connectivity index (χ4n) is 2.67. The number of methoxy groups -OCH3 is 1. The molecule has 1 heterocycles. The summed E-state index contributed by atoms with van der Waals surface area (Å²) in [4.78, 5) is 2.49. The van der Waals surface area contributed by atoms with Crippen LogP contribution in [-0.4, -0.2) is 44.3 Å². The summed E-state index contributed by atoms with van der Waals surface area (Å²) in [5, 5.41) is 3.47. The molecule has 0 spiro atoms. The van der Waals surface area contributed by atoms with E-state index in [0.29, 0.717) is 12.6 Å². The Balaban J connectivity index is 0.00000220. The molecule has 1 unspecified atom stereocenters. The number of halogens is 1. The average molecular weight is 315 g/mol. The zero-order valence-corrected chi connectivity index (χ0v) is 14.0. The van der Waals surface area contributed by atoms with Crippen LogP contribution in [0.1, 0.15) is 25.0 Å². The summed E-state index contributed by atoms with van der Waals surface area (Å²) >= 11 is 0. The Morgan fingerprint density at radius 1 is 1.38 bits per heavy atom. The molecule has 0 radical (unpaired) electrons. The first kappa shape index (κ1) is 18.2. The third kappa shape index (κ3) is 5.47. The Labute approximate surface area is 134 Å². The van der Waals surface area contributed by atoms with E-state index in [1.807, 2.05) is 6.92 Å². The molecule has 1 aromatic carbocycles. The van der Waals surface area contributed by atoms with Gasteiger partial charge in [0.15, 0.2) is 0 Å². The van der Waals surface area contributed by atoms with Crippen LogP contribution >= 0.6 is 12.4 Å². The first-order chi connectivity index (χ1) is 9.72. The number of nitrogens with one attached hydrogen (secondary N) is 1. The van der Waals surface area contributed by atoms with E-state index in [0.717, 1.165) is 44.1 Å². The summed E-state index contributed by atoms with van der Waals surface area (Å²) in [7, 11) is 1.71. The second-order valence-corrected chi connectivity index (χ2v) is 5.37. The monoisotopic (exact) mass is 314 g/mol. The van der Waals surface area contributed by atoms with Gasteiger partial charge in [0.2, 0.25) is 0 Å². The van der Waals surface area contributed by atoms with Crippen LogP contribution in [0.5, 0.6) is 5.75 Å². The number of hydrogen-bond acceptors (Lipinski definition) is 4. The van der Waals surface area contributed by atoms with Gasteiger partial charge >= 0.3 is 0 Å². The highest BCUT2D eigenvalue weighted by Crippen LogP contribution is 2.22. The largest absolute Gasteiger partial charge is 0.496 e. The van der Waals surface area contributed by atoms with Gasteiger partial charge in [-0.25, -0.2) is 0 Å². The van der Waals surface area contributed by atoms with Gasteiger partial charge in [0.05, 0.1) is 13.7 Å². The van der Waals surface area contributed by atoms with Crippen molar-refractivity contribution < 1.29 is 9.47 Å². The van der Waals surface area contributed by atoms with Crippen LogP contribution in [-0.2, 0) is 17.9 Å². The number of ether oxygens (including phenoxy) is 2. The smallest absolute Gasteiger partial charge is 0.124 e. The number of piperazine rings is 1. The highest BCUT2D eigenvalue weighted by atomic mass is 35.5. The van der Waals surface area contributed by atoms with E-state index in [1.54, 1.807) is 7.11 Å². The summed E-state index contributed by atoms with van der Waals surface area (Å²) < 4.78 is 10.9. The molecule has 1 aliphatic rings. The summed E-state index contributed by atoms with van der Waals surface area (Å²) in [6.45, 7) is 9.87. The molecule has 0 bridgehead atoms. The predicted octanol–water partition coefficient (Wildman–Crippen LogP) is 2.45. The highest BCUT2D eigenvalue weighted by Gasteiger charge is 2.16. The quantitative estimate of drug-likeness (QED) is 0.874. The minimum atomic E-state index is 0. The van der Waals surface area contributed by atoms with Gasteiger partial charge in [-0.15, -0.1) is 12.4 Å². The second-order valence-electron chi connectivity index (χ2n) is 5.37. The minimum absolute atomic E-state index is 0. The van der Waals surface area contributed by atoms with Crippen molar-refractivity contribution in [3.05, 3.63) is 29.3 Å². The molecule has 1 N–H and O–H groups in total. The number of rotatable bonds is 6. The molecular formula is C16H27ClN2O2. The molecule has 4 nitrogen and oxygen atoms in total. The van der Waals surface area contributed by atoms with Crippen LogP contribution in [0.25, 0.3) is 0 Å². The minimum Gasteiger partial charge on any atom is -0.496 e. The lowest BCUT2D eigenvalue weighted by Crippen LogP contribution is -2.48. The van der Waals surface area contributed by atoms with Gasteiger partial charge in [-0.3, -0.25) is 4.90 Å². The Bertz CT molecular complexity index is 429.